The number of alkyl halides is 3. The molecule has 1 aromatic rings. The molecule has 106 valence electrons. The SMILES string of the molecule is CS(=O)(=O)Nc1ccc(C(F)(F)F)cc1/C(N)=N/O. The molecule has 6 nitrogen and oxygen atoms in total. The molecule has 0 spiro atoms. The lowest BCUT2D eigenvalue weighted by molar-refractivity contribution is -0.137. The molecule has 19 heavy (non-hydrogen) atoms. The second kappa shape index (κ2) is 4.96. The van der Waals surface area contributed by atoms with Gasteiger partial charge < -0.3 is 10.9 Å². The summed E-state index contributed by atoms with van der Waals surface area (Å²) in [4.78, 5) is 0. The molecule has 1 aromatic carbocycles. The first-order valence-electron chi connectivity index (χ1n) is 4.71. The van der Waals surface area contributed by atoms with Gasteiger partial charge in [0.05, 0.1) is 17.5 Å². The van der Waals surface area contributed by atoms with E-state index < -0.39 is 27.6 Å². The molecule has 4 N–H and O–H groups in total. The number of rotatable bonds is 3. The van der Waals surface area contributed by atoms with Crippen molar-refractivity contribution in [3.05, 3.63) is 29.3 Å². The molecule has 0 fully saturated rings. The fourth-order valence-electron chi connectivity index (χ4n) is 1.28. The van der Waals surface area contributed by atoms with Gasteiger partial charge in [0.1, 0.15) is 0 Å². The highest BCUT2D eigenvalue weighted by Crippen LogP contribution is 2.32. The number of halogens is 3. The van der Waals surface area contributed by atoms with Gasteiger partial charge in [-0.2, -0.15) is 13.2 Å². The third-order valence-corrected chi connectivity index (χ3v) is 2.62. The van der Waals surface area contributed by atoms with E-state index in [1.807, 2.05) is 4.72 Å². The largest absolute Gasteiger partial charge is 0.416 e. The van der Waals surface area contributed by atoms with Gasteiger partial charge in [0.2, 0.25) is 10.0 Å². The summed E-state index contributed by atoms with van der Waals surface area (Å²) in [7, 11) is -3.71. The number of anilines is 1. The molecule has 0 unspecified atom stereocenters. The van der Waals surface area contributed by atoms with Crippen molar-refractivity contribution in [1.29, 1.82) is 0 Å². The van der Waals surface area contributed by atoms with Crippen LogP contribution in [-0.2, 0) is 16.2 Å². The van der Waals surface area contributed by atoms with Gasteiger partial charge in [0.25, 0.3) is 0 Å². The Morgan fingerprint density at radius 2 is 2.00 bits per heavy atom. The van der Waals surface area contributed by atoms with Crippen LogP contribution in [0.3, 0.4) is 0 Å². The van der Waals surface area contributed by atoms with E-state index in [0.29, 0.717) is 12.1 Å². The molecule has 0 bridgehead atoms. The summed E-state index contributed by atoms with van der Waals surface area (Å²) in [6, 6.07) is 2.15. The van der Waals surface area contributed by atoms with Gasteiger partial charge in [-0.1, -0.05) is 5.16 Å². The van der Waals surface area contributed by atoms with Crippen LogP contribution in [0.4, 0.5) is 18.9 Å². The number of nitrogens with zero attached hydrogens (tertiary/aromatic N) is 1. The van der Waals surface area contributed by atoms with Crippen molar-refractivity contribution in [2.24, 2.45) is 10.9 Å². The number of amidine groups is 1. The predicted molar refractivity (Wildman–Crippen MR) is 62.4 cm³/mol. The maximum absolute atomic E-state index is 12.5. The molecule has 0 heterocycles. The average molecular weight is 297 g/mol. The van der Waals surface area contributed by atoms with Crippen LogP contribution >= 0.6 is 0 Å². The fourth-order valence-corrected chi connectivity index (χ4v) is 1.85. The molecule has 1 rings (SSSR count). The Kier molecular flexibility index (Phi) is 3.94. The highest BCUT2D eigenvalue weighted by molar-refractivity contribution is 7.92. The molecule has 10 heteroatoms. The molecular weight excluding hydrogens is 287 g/mol. The Hall–Kier alpha value is -1.97. The molecule has 0 aromatic heterocycles. The minimum Gasteiger partial charge on any atom is -0.409 e. The summed E-state index contributed by atoms with van der Waals surface area (Å²) in [6.07, 6.45) is -3.81. The van der Waals surface area contributed by atoms with Crippen LogP contribution in [0.1, 0.15) is 11.1 Å². The zero-order chi connectivity index (χ0) is 14.8. The van der Waals surface area contributed by atoms with Crippen molar-refractivity contribution >= 4 is 21.5 Å². The Morgan fingerprint density at radius 3 is 2.42 bits per heavy atom. The van der Waals surface area contributed by atoms with Gasteiger partial charge in [0, 0.05) is 5.56 Å². The van der Waals surface area contributed by atoms with Gasteiger partial charge in [-0.05, 0) is 18.2 Å². The maximum Gasteiger partial charge on any atom is 0.416 e. The van der Waals surface area contributed by atoms with E-state index in [0.717, 1.165) is 12.3 Å². The van der Waals surface area contributed by atoms with Crippen molar-refractivity contribution < 1.29 is 26.8 Å². The molecule has 0 saturated heterocycles. The summed E-state index contributed by atoms with van der Waals surface area (Å²) >= 11 is 0. The van der Waals surface area contributed by atoms with E-state index in [-0.39, 0.29) is 11.3 Å². The minimum atomic E-state index is -4.63. The molecular formula is C9H10F3N3O3S. The van der Waals surface area contributed by atoms with Gasteiger partial charge >= 0.3 is 6.18 Å². The first-order chi connectivity index (χ1) is 8.54. The molecule has 0 saturated carbocycles. The smallest absolute Gasteiger partial charge is 0.409 e. The van der Waals surface area contributed by atoms with E-state index in [2.05, 4.69) is 5.16 Å². The van der Waals surface area contributed by atoms with Crippen molar-refractivity contribution in [1.82, 2.24) is 0 Å². The lowest BCUT2D eigenvalue weighted by Gasteiger charge is -2.13. The summed E-state index contributed by atoms with van der Waals surface area (Å²) in [5.74, 6) is -0.641. The molecule has 0 aliphatic heterocycles. The zero-order valence-electron chi connectivity index (χ0n) is 9.56. The van der Waals surface area contributed by atoms with E-state index in [1.165, 1.54) is 0 Å². The summed E-state index contributed by atoms with van der Waals surface area (Å²) in [6.45, 7) is 0. The Bertz CT molecular complexity index is 611. The minimum absolute atomic E-state index is 0.217. The van der Waals surface area contributed by atoms with Gasteiger partial charge in [0.15, 0.2) is 5.84 Å². The fraction of sp³-hybridized carbons (Fsp3) is 0.222. The Morgan fingerprint density at radius 1 is 1.42 bits per heavy atom. The van der Waals surface area contributed by atoms with E-state index in [4.69, 9.17) is 10.9 Å². The lowest BCUT2D eigenvalue weighted by Crippen LogP contribution is -2.20. The second-order valence-electron chi connectivity index (χ2n) is 3.62. The standard InChI is InChI=1S/C9H10F3N3O3S/c1-19(17,18)15-7-3-2-5(9(10,11)12)4-6(7)8(13)14-16/h2-4,15-16H,1H3,(H2,13,14). The molecule has 0 radical (unpaired) electrons. The van der Waals surface area contributed by atoms with Crippen LogP contribution in [0.15, 0.2) is 23.4 Å². The van der Waals surface area contributed by atoms with Crippen molar-refractivity contribution in [2.75, 3.05) is 11.0 Å². The number of sulfonamides is 1. The van der Waals surface area contributed by atoms with E-state index >= 15 is 0 Å². The number of hydrogen-bond acceptors (Lipinski definition) is 4. The monoisotopic (exact) mass is 297 g/mol. The number of nitrogens with two attached hydrogens (primary N) is 1. The quantitative estimate of drug-likeness (QED) is 0.337. The van der Waals surface area contributed by atoms with Crippen LogP contribution in [0, 0.1) is 0 Å². The summed E-state index contributed by atoms with van der Waals surface area (Å²) in [5, 5.41) is 11.1. The highest BCUT2D eigenvalue weighted by Gasteiger charge is 2.31. The first-order valence-corrected chi connectivity index (χ1v) is 6.60. The Labute approximate surface area is 106 Å². The average Bonchev–Trinajstić information content (AvgIpc) is 2.25. The molecule has 0 aliphatic rings. The van der Waals surface area contributed by atoms with Crippen molar-refractivity contribution in [2.45, 2.75) is 6.18 Å². The topological polar surface area (TPSA) is 105 Å². The van der Waals surface area contributed by atoms with E-state index in [9.17, 15) is 21.6 Å². The third-order valence-electron chi connectivity index (χ3n) is 2.03. The van der Waals surface area contributed by atoms with Crippen LogP contribution in [0.2, 0.25) is 0 Å². The second-order valence-corrected chi connectivity index (χ2v) is 5.37. The maximum atomic E-state index is 12.5. The first kappa shape index (κ1) is 15.1. The molecule has 0 amide bonds. The van der Waals surface area contributed by atoms with Crippen molar-refractivity contribution in [3.63, 3.8) is 0 Å². The summed E-state index contributed by atoms with van der Waals surface area (Å²) in [5.41, 5.74) is 3.59. The van der Waals surface area contributed by atoms with Gasteiger partial charge in [-0.25, -0.2) is 8.42 Å². The Balaban J connectivity index is 3.42. The predicted octanol–water partition coefficient (Wildman–Crippen LogP) is 1.17. The van der Waals surface area contributed by atoms with Crippen LogP contribution in [0.5, 0.6) is 0 Å². The van der Waals surface area contributed by atoms with Crippen LogP contribution in [-0.4, -0.2) is 25.7 Å². The molecule has 0 atom stereocenters. The number of oxime groups is 1. The van der Waals surface area contributed by atoms with Crippen LogP contribution in [0.25, 0.3) is 0 Å². The lowest BCUT2D eigenvalue weighted by atomic mass is 10.1. The highest BCUT2D eigenvalue weighted by atomic mass is 32.2. The van der Waals surface area contributed by atoms with Gasteiger partial charge in [-0.15, -0.1) is 0 Å². The summed E-state index contributed by atoms with van der Waals surface area (Å²) < 4.78 is 61.7. The van der Waals surface area contributed by atoms with E-state index in [1.54, 1.807) is 0 Å². The van der Waals surface area contributed by atoms with Crippen LogP contribution < -0.4 is 10.5 Å². The number of nitrogens with one attached hydrogen (secondary N) is 1. The zero-order valence-corrected chi connectivity index (χ0v) is 10.4. The molecule has 0 aliphatic carbocycles. The number of hydrogen-bond donors (Lipinski definition) is 3. The third kappa shape index (κ3) is 4.02. The number of benzene rings is 1. The van der Waals surface area contributed by atoms with Gasteiger partial charge in [-0.3, -0.25) is 4.72 Å². The normalized spacial score (nSPS) is 13.4. The van der Waals surface area contributed by atoms with Crippen molar-refractivity contribution in [3.8, 4) is 0 Å².